The number of hydrogen-bond donors (Lipinski definition) is 2. The van der Waals surface area contributed by atoms with Crippen molar-refractivity contribution in [2.45, 2.75) is 6.92 Å². The smallest absolute Gasteiger partial charge is 0.111 e. The maximum Gasteiger partial charge on any atom is 0.111 e. The van der Waals surface area contributed by atoms with Gasteiger partial charge in [0.25, 0.3) is 0 Å². The summed E-state index contributed by atoms with van der Waals surface area (Å²) in [5.74, 6) is 0.176. The van der Waals surface area contributed by atoms with Gasteiger partial charge >= 0.3 is 0 Å². The van der Waals surface area contributed by atoms with E-state index in [1.807, 2.05) is 0 Å². The molecule has 10 heavy (non-hydrogen) atoms. The number of hydrogen-bond acceptors (Lipinski definition) is 2. The summed E-state index contributed by atoms with van der Waals surface area (Å²) in [6.45, 7) is 5.15. The molecule has 0 fully saturated rings. The van der Waals surface area contributed by atoms with Crippen LogP contribution in [0.4, 0.5) is 0 Å². The van der Waals surface area contributed by atoms with Crippen molar-refractivity contribution in [1.82, 2.24) is 0 Å². The highest BCUT2D eigenvalue weighted by atomic mass is 16.3. The summed E-state index contributed by atoms with van der Waals surface area (Å²) < 4.78 is 0. The first-order valence-corrected chi connectivity index (χ1v) is 3.02. The molecule has 56 valence electrons. The first kappa shape index (κ1) is 8.98. The van der Waals surface area contributed by atoms with E-state index in [2.05, 4.69) is 6.58 Å². The van der Waals surface area contributed by atoms with Crippen molar-refractivity contribution in [2.24, 2.45) is 0 Å². The summed E-state index contributed by atoms with van der Waals surface area (Å²) >= 11 is 0. The predicted octanol–water partition coefficient (Wildman–Crippen LogP) is 1.55. The maximum atomic E-state index is 8.85. The molecule has 0 aliphatic heterocycles. The van der Waals surface area contributed by atoms with Gasteiger partial charge < -0.3 is 10.2 Å². The fraction of sp³-hybridized carbons (Fsp3) is 0.250. The Morgan fingerprint density at radius 1 is 1.50 bits per heavy atom. The van der Waals surface area contributed by atoms with E-state index in [4.69, 9.17) is 10.2 Å². The lowest BCUT2D eigenvalue weighted by Gasteiger charge is -1.90. The molecule has 0 aliphatic rings. The standard InChI is InChI=1S/C8H12O2/c1-3-8(10)5-4-7(2)6-9/h3-5,9-10H,2,6H2,1H3/b5-4-,8-3+. The summed E-state index contributed by atoms with van der Waals surface area (Å²) in [6, 6.07) is 0. The van der Waals surface area contributed by atoms with Gasteiger partial charge in [-0.25, -0.2) is 0 Å². The number of aliphatic hydroxyl groups excluding tert-OH is 2. The normalized spacial score (nSPS) is 12.4. The average molecular weight is 140 g/mol. The molecule has 0 aliphatic carbocycles. The van der Waals surface area contributed by atoms with Crippen molar-refractivity contribution < 1.29 is 10.2 Å². The Kier molecular flexibility index (Phi) is 4.33. The minimum Gasteiger partial charge on any atom is -0.508 e. The molecular formula is C8H12O2. The number of aliphatic hydroxyl groups is 2. The summed E-state index contributed by atoms with van der Waals surface area (Å²) in [7, 11) is 0. The van der Waals surface area contributed by atoms with Crippen molar-refractivity contribution in [3.63, 3.8) is 0 Å². The van der Waals surface area contributed by atoms with Gasteiger partial charge in [-0.3, -0.25) is 0 Å². The molecule has 2 heteroatoms. The quantitative estimate of drug-likeness (QED) is 0.461. The van der Waals surface area contributed by atoms with Crippen LogP contribution in [0.3, 0.4) is 0 Å². The molecule has 0 radical (unpaired) electrons. The fourth-order valence-electron chi connectivity index (χ4n) is 0.352. The summed E-state index contributed by atoms with van der Waals surface area (Å²) in [6.07, 6.45) is 4.61. The lowest BCUT2D eigenvalue weighted by molar-refractivity contribution is 0.335. The Bertz CT molecular complexity index is 166. The second-order valence-electron chi connectivity index (χ2n) is 1.86. The predicted molar refractivity (Wildman–Crippen MR) is 41.8 cm³/mol. The topological polar surface area (TPSA) is 40.5 Å². The van der Waals surface area contributed by atoms with E-state index in [9.17, 15) is 0 Å². The zero-order valence-corrected chi connectivity index (χ0v) is 6.04. The Hall–Kier alpha value is -1.02. The molecule has 0 aromatic heterocycles. The van der Waals surface area contributed by atoms with Gasteiger partial charge in [0.05, 0.1) is 6.61 Å². The molecule has 0 saturated heterocycles. The van der Waals surface area contributed by atoms with Gasteiger partial charge in [0.1, 0.15) is 5.76 Å². The Labute approximate surface area is 60.8 Å². The minimum atomic E-state index is -0.0759. The summed E-state index contributed by atoms with van der Waals surface area (Å²) in [5, 5.41) is 17.3. The van der Waals surface area contributed by atoms with E-state index in [1.165, 1.54) is 6.08 Å². The monoisotopic (exact) mass is 140 g/mol. The molecule has 2 nitrogen and oxygen atoms in total. The highest BCUT2D eigenvalue weighted by Gasteiger charge is 1.83. The van der Waals surface area contributed by atoms with Gasteiger partial charge in [0.2, 0.25) is 0 Å². The van der Waals surface area contributed by atoms with Gasteiger partial charge in [0, 0.05) is 0 Å². The van der Waals surface area contributed by atoms with Crippen LogP contribution in [-0.2, 0) is 0 Å². The molecule has 0 aromatic rings. The second-order valence-corrected chi connectivity index (χ2v) is 1.86. The molecule has 0 bridgehead atoms. The lowest BCUT2D eigenvalue weighted by atomic mass is 10.3. The van der Waals surface area contributed by atoms with Gasteiger partial charge in [0.15, 0.2) is 0 Å². The van der Waals surface area contributed by atoms with Crippen LogP contribution < -0.4 is 0 Å². The van der Waals surface area contributed by atoms with Crippen molar-refractivity contribution in [2.75, 3.05) is 6.61 Å². The van der Waals surface area contributed by atoms with Crippen LogP contribution in [0.1, 0.15) is 6.92 Å². The molecule has 0 unspecified atom stereocenters. The minimum absolute atomic E-state index is 0.0759. The molecule has 2 N–H and O–H groups in total. The van der Waals surface area contributed by atoms with Crippen LogP contribution in [-0.4, -0.2) is 16.8 Å². The Morgan fingerprint density at radius 3 is 2.50 bits per heavy atom. The molecule has 0 amide bonds. The number of allylic oxidation sites excluding steroid dienone is 2. The van der Waals surface area contributed by atoms with Gasteiger partial charge in [-0.15, -0.1) is 0 Å². The average Bonchev–Trinajstić information content (AvgIpc) is 1.99. The first-order chi connectivity index (χ1) is 4.70. The molecule has 0 saturated carbocycles. The van der Waals surface area contributed by atoms with Crippen LogP contribution in [0.2, 0.25) is 0 Å². The van der Waals surface area contributed by atoms with E-state index in [-0.39, 0.29) is 12.4 Å². The second kappa shape index (κ2) is 4.82. The third kappa shape index (κ3) is 3.92. The molecule has 0 spiro atoms. The van der Waals surface area contributed by atoms with Crippen molar-refractivity contribution >= 4 is 0 Å². The van der Waals surface area contributed by atoms with E-state index in [0.717, 1.165) is 0 Å². The molecular weight excluding hydrogens is 128 g/mol. The van der Waals surface area contributed by atoms with E-state index in [1.54, 1.807) is 19.1 Å². The third-order valence-corrected chi connectivity index (χ3v) is 0.989. The fourth-order valence-corrected chi connectivity index (χ4v) is 0.352. The number of rotatable bonds is 3. The Morgan fingerprint density at radius 2 is 2.10 bits per heavy atom. The van der Waals surface area contributed by atoms with Crippen LogP contribution in [0.5, 0.6) is 0 Å². The summed E-state index contributed by atoms with van der Waals surface area (Å²) in [4.78, 5) is 0. The van der Waals surface area contributed by atoms with Crippen LogP contribution in [0.15, 0.2) is 36.1 Å². The first-order valence-electron chi connectivity index (χ1n) is 3.02. The molecule has 0 heterocycles. The molecule has 0 atom stereocenters. The van der Waals surface area contributed by atoms with Crippen molar-refractivity contribution in [1.29, 1.82) is 0 Å². The van der Waals surface area contributed by atoms with Gasteiger partial charge in [-0.1, -0.05) is 12.7 Å². The zero-order valence-electron chi connectivity index (χ0n) is 6.04. The maximum absolute atomic E-state index is 8.85. The summed E-state index contributed by atoms with van der Waals surface area (Å²) in [5.41, 5.74) is 0.577. The SMILES string of the molecule is C=C(/C=C\C(O)=C/C)CO. The van der Waals surface area contributed by atoms with E-state index >= 15 is 0 Å². The highest BCUT2D eigenvalue weighted by molar-refractivity contribution is 5.21. The van der Waals surface area contributed by atoms with Gasteiger partial charge in [-0.05, 0) is 24.6 Å². The third-order valence-electron chi connectivity index (χ3n) is 0.989. The van der Waals surface area contributed by atoms with Crippen molar-refractivity contribution in [3.05, 3.63) is 36.1 Å². The Balaban J connectivity index is 3.88. The highest BCUT2D eigenvalue weighted by Crippen LogP contribution is 1.95. The molecule has 0 aromatic carbocycles. The van der Waals surface area contributed by atoms with E-state index in [0.29, 0.717) is 5.57 Å². The van der Waals surface area contributed by atoms with Crippen LogP contribution >= 0.6 is 0 Å². The zero-order chi connectivity index (χ0) is 7.98. The lowest BCUT2D eigenvalue weighted by Crippen LogP contribution is -1.82. The van der Waals surface area contributed by atoms with Gasteiger partial charge in [-0.2, -0.15) is 0 Å². The molecule has 0 rings (SSSR count). The van der Waals surface area contributed by atoms with E-state index < -0.39 is 0 Å². The van der Waals surface area contributed by atoms with Crippen molar-refractivity contribution in [3.8, 4) is 0 Å². The van der Waals surface area contributed by atoms with Crippen LogP contribution in [0.25, 0.3) is 0 Å². The largest absolute Gasteiger partial charge is 0.508 e. The van der Waals surface area contributed by atoms with Crippen LogP contribution in [0, 0.1) is 0 Å².